The van der Waals surface area contributed by atoms with E-state index in [0.29, 0.717) is 6.42 Å². The first-order chi connectivity index (χ1) is 6.46. The molecular formula is C11H18N2O. The molecule has 14 heavy (non-hydrogen) atoms. The molecule has 0 saturated heterocycles. The van der Waals surface area contributed by atoms with Gasteiger partial charge in [0.2, 0.25) is 5.91 Å². The molecule has 0 radical (unpaired) electrons. The van der Waals surface area contributed by atoms with Crippen LogP contribution in [0.25, 0.3) is 0 Å². The smallest absolute Gasteiger partial charge is 0.240 e. The molecule has 78 valence electrons. The van der Waals surface area contributed by atoms with Gasteiger partial charge in [-0.05, 0) is 39.5 Å². The summed E-state index contributed by atoms with van der Waals surface area (Å²) in [5, 5.41) is 11.9. The van der Waals surface area contributed by atoms with Gasteiger partial charge in [0.1, 0.15) is 5.41 Å². The number of hydrogen-bond acceptors (Lipinski definition) is 2. The van der Waals surface area contributed by atoms with Crippen molar-refractivity contribution in [3.8, 4) is 6.07 Å². The first-order valence-electron chi connectivity index (χ1n) is 5.20. The zero-order valence-electron chi connectivity index (χ0n) is 9.18. The summed E-state index contributed by atoms with van der Waals surface area (Å²) < 4.78 is 0. The summed E-state index contributed by atoms with van der Waals surface area (Å²) in [6, 6.07) is 2.09. The second-order valence-electron chi connectivity index (χ2n) is 4.67. The standard InChI is InChI=1S/C11H18N2O/c1-4-10(2,8-12)9(14)13-11(3)6-5-7-11/h4-7H2,1-3H3,(H,13,14). The number of amides is 1. The maximum atomic E-state index is 11.8. The topological polar surface area (TPSA) is 52.9 Å². The number of rotatable bonds is 3. The van der Waals surface area contributed by atoms with Crippen LogP contribution in [-0.2, 0) is 4.79 Å². The summed E-state index contributed by atoms with van der Waals surface area (Å²) in [6.07, 6.45) is 3.80. The van der Waals surface area contributed by atoms with Crippen LogP contribution in [0.3, 0.4) is 0 Å². The molecule has 3 heteroatoms. The van der Waals surface area contributed by atoms with Crippen molar-refractivity contribution in [2.75, 3.05) is 0 Å². The fraction of sp³-hybridized carbons (Fsp3) is 0.818. The minimum atomic E-state index is -0.862. The van der Waals surface area contributed by atoms with E-state index in [1.54, 1.807) is 6.92 Å². The van der Waals surface area contributed by atoms with E-state index in [1.807, 2.05) is 13.8 Å². The van der Waals surface area contributed by atoms with E-state index in [0.717, 1.165) is 12.8 Å². The number of carbonyl (C=O) groups excluding carboxylic acids is 1. The van der Waals surface area contributed by atoms with E-state index >= 15 is 0 Å². The van der Waals surface area contributed by atoms with Crippen LogP contribution in [-0.4, -0.2) is 11.4 Å². The third-order valence-corrected chi connectivity index (χ3v) is 3.33. The molecule has 1 saturated carbocycles. The van der Waals surface area contributed by atoms with Crippen molar-refractivity contribution in [1.82, 2.24) is 5.32 Å². The molecule has 1 aliphatic carbocycles. The minimum absolute atomic E-state index is 0.0512. The fourth-order valence-corrected chi connectivity index (χ4v) is 1.53. The van der Waals surface area contributed by atoms with Gasteiger partial charge in [-0.3, -0.25) is 4.79 Å². The fourth-order valence-electron chi connectivity index (χ4n) is 1.53. The van der Waals surface area contributed by atoms with Crippen molar-refractivity contribution in [3.63, 3.8) is 0 Å². The Morgan fingerprint density at radius 3 is 2.50 bits per heavy atom. The Bertz CT molecular complexity index is 276. The van der Waals surface area contributed by atoms with Crippen molar-refractivity contribution in [2.45, 2.75) is 52.0 Å². The van der Waals surface area contributed by atoms with E-state index in [9.17, 15) is 4.79 Å². The largest absolute Gasteiger partial charge is 0.350 e. The molecule has 1 fully saturated rings. The number of nitrogens with zero attached hydrogens (tertiary/aromatic N) is 1. The Morgan fingerprint density at radius 1 is 1.64 bits per heavy atom. The molecule has 1 amide bonds. The van der Waals surface area contributed by atoms with Crippen molar-refractivity contribution < 1.29 is 4.79 Å². The second-order valence-corrected chi connectivity index (χ2v) is 4.67. The average molecular weight is 194 g/mol. The number of carbonyl (C=O) groups is 1. The predicted octanol–water partition coefficient (Wildman–Crippen LogP) is 1.99. The van der Waals surface area contributed by atoms with E-state index in [1.165, 1.54) is 6.42 Å². The Morgan fingerprint density at radius 2 is 2.21 bits per heavy atom. The zero-order chi connectivity index (χ0) is 10.8. The van der Waals surface area contributed by atoms with Gasteiger partial charge in [-0.1, -0.05) is 6.92 Å². The normalized spacial score (nSPS) is 22.7. The predicted molar refractivity (Wildman–Crippen MR) is 54.4 cm³/mol. The lowest BCUT2D eigenvalue weighted by atomic mass is 9.77. The highest BCUT2D eigenvalue weighted by molar-refractivity contribution is 5.85. The third-order valence-electron chi connectivity index (χ3n) is 3.33. The SMILES string of the molecule is CCC(C)(C#N)C(=O)NC1(C)CCC1. The molecule has 1 unspecified atom stereocenters. The minimum Gasteiger partial charge on any atom is -0.350 e. The highest BCUT2D eigenvalue weighted by atomic mass is 16.2. The van der Waals surface area contributed by atoms with Crippen molar-refractivity contribution in [1.29, 1.82) is 5.26 Å². The van der Waals surface area contributed by atoms with Gasteiger partial charge in [0.05, 0.1) is 6.07 Å². The van der Waals surface area contributed by atoms with Crippen molar-refractivity contribution in [2.24, 2.45) is 5.41 Å². The Kier molecular flexibility index (Phi) is 2.84. The van der Waals surface area contributed by atoms with Gasteiger partial charge in [0, 0.05) is 5.54 Å². The van der Waals surface area contributed by atoms with Crippen LogP contribution in [0.4, 0.5) is 0 Å². The summed E-state index contributed by atoms with van der Waals surface area (Å²) in [7, 11) is 0. The highest BCUT2D eigenvalue weighted by Crippen LogP contribution is 2.32. The van der Waals surface area contributed by atoms with Gasteiger partial charge in [-0.2, -0.15) is 5.26 Å². The van der Waals surface area contributed by atoms with E-state index < -0.39 is 5.41 Å². The molecule has 0 bridgehead atoms. The molecule has 0 heterocycles. The second kappa shape index (κ2) is 3.61. The van der Waals surface area contributed by atoms with Crippen LogP contribution in [0.1, 0.15) is 46.5 Å². The summed E-state index contributed by atoms with van der Waals surface area (Å²) in [4.78, 5) is 11.8. The molecule has 0 aromatic carbocycles. The monoisotopic (exact) mass is 194 g/mol. The van der Waals surface area contributed by atoms with Crippen LogP contribution >= 0.6 is 0 Å². The van der Waals surface area contributed by atoms with Gasteiger partial charge < -0.3 is 5.32 Å². The van der Waals surface area contributed by atoms with Gasteiger partial charge in [-0.25, -0.2) is 0 Å². The molecule has 0 aliphatic heterocycles. The lowest BCUT2D eigenvalue weighted by Gasteiger charge is -2.40. The lowest BCUT2D eigenvalue weighted by Crippen LogP contribution is -2.54. The van der Waals surface area contributed by atoms with Crippen LogP contribution in [0.2, 0.25) is 0 Å². The van der Waals surface area contributed by atoms with E-state index in [4.69, 9.17) is 5.26 Å². The Labute approximate surface area is 85.5 Å². The van der Waals surface area contributed by atoms with Crippen LogP contribution in [0.5, 0.6) is 0 Å². The first kappa shape index (κ1) is 11.0. The zero-order valence-corrected chi connectivity index (χ0v) is 9.18. The maximum Gasteiger partial charge on any atom is 0.240 e. The Hall–Kier alpha value is -1.04. The van der Waals surface area contributed by atoms with Crippen molar-refractivity contribution in [3.05, 3.63) is 0 Å². The van der Waals surface area contributed by atoms with Gasteiger partial charge in [-0.15, -0.1) is 0 Å². The quantitative estimate of drug-likeness (QED) is 0.747. The highest BCUT2D eigenvalue weighted by Gasteiger charge is 2.39. The van der Waals surface area contributed by atoms with E-state index in [-0.39, 0.29) is 11.4 Å². The molecule has 3 nitrogen and oxygen atoms in total. The molecule has 0 spiro atoms. The maximum absolute atomic E-state index is 11.8. The van der Waals surface area contributed by atoms with Crippen LogP contribution in [0, 0.1) is 16.7 Å². The summed E-state index contributed by atoms with van der Waals surface area (Å²) in [6.45, 7) is 5.61. The number of nitriles is 1. The van der Waals surface area contributed by atoms with Gasteiger partial charge >= 0.3 is 0 Å². The lowest BCUT2D eigenvalue weighted by molar-refractivity contribution is -0.130. The van der Waals surface area contributed by atoms with E-state index in [2.05, 4.69) is 11.4 Å². The number of nitrogens with one attached hydrogen (secondary N) is 1. The van der Waals surface area contributed by atoms with Crippen LogP contribution in [0.15, 0.2) is 0 Å². The molecule has 1 aliphatic rings. The molecule has 0 aromatic heterocycles. The molecule has 1 atom stereocenters. The molecule has 0 aromatic rings. The first-order valence-corrected chi connectivity index (χ1v) is 5.20. The molecule has 1 rings (SSSR count). The number of hydrogen-bond donors (Lipinski definition) is 1. The molecular weight excluding hydrogens is 176 g/mol. The van der Waals surface area contributed by atoms with Crippen LogP contribution < -0.4 is 5.32 Å². The third kappa shape index (κ3) is 1.89. The van der Waals surface area contributed by atoms with Gasteiger partial charge in [0.15, 0.2) is 0 Å². The van der Waals surface area contributed by atoms with Gasteiger partial charge in [0.25, 0.3) is 0 Å². The Balaban J connectivity index is 2.62. The summed E-state index contributed by atoms with van der Waals surface area (Å²) in [5.74, 6) is -0.121. The van der Waals surface area contributed by atoms with Crippen molar-refractivity contribution >= 4 is 5.91 Å². The average Bonchev–Trinajstić information content (AvgIpc) is 2.14. The summed E-state index contributed by atoms with van der Waals surface area (Å²) in [5.41, 5.74) is -0.914. The summed E-state index contributed by atoms with van der Waals surface area (Å²) >= 11 is 0. The molecule has 1 N–H and O–H groups in total.